The van der Waals surface area contributed by atoms with E-state index in [9.17, 15) is 9.90 Å². The van der Waals surface area contributed by atoms with Crippen LogP contribution in [0.15, 0.2) is 12.7 Å². The van der Waals surface area contributed by atoms with Crippen LogP contribution in [-0.4, -0.2) is 5.97 Å². The largest absolute Gasteiger partial charge is 0.550 e. The van der Waals surface area contributed by atoms with Gasteiger partial charge in [-0.2, -0.15) is 0 Å². The van der Waals surface area contributed by atoms with Gasteiger partial charge in [0, 0.05) is 5.97 Å². The second-order valence-electron chi connectivity index (χ2n) is 2.61. The fraction of sp³-hybridized carbons (Fsp3) is 0.667. The summed E-state index contributed by atoms with van der Waals surface area (Å²) in [5, 5.41) is 9.96. The minimum atomic E-state index is -0.936. The van der Waals surface area contributed by atoms with Crippen LogP contribution in [0.2, 0.25) is 0 Å². The van der Waals surface area contributed by atoms with Gasteiger partial charge in [0.25, 0.3) is 0 Å². The fourth-order valence-corrected chi connectivity index (χ4v) is 0.912. The Bertz CT molecular complexity index is 119. The number of carbonyl (C=O) groups is 1. The van der Waals surface area contributed by atoms with Crippen molar-refractivity contribution < 1.29 is 9.90 Å². The predicted molar refractivity (Wildman–Crippen MR) is 42.9 cm³/mol. The van der Waals surface area contributed by atoms with E-state index in [2.05, 4.69) is 6.58 Å². The van der Waals surface area contributed by atoms with Gasteiger partial charge < -0.3 is 9.90 Å². The fourth-order valence-electron chi connectivity index (χ4n) is 0.912. The Morgan fingerprint density at radius 3 is 2.45 bits per heavy atom. The summed E-state index contributed by atoms with van der Waals surface area (Å²) in [5.74, 6) is -0.936. The Morgan fingerprint density at radius 1 is 1.27 bits per heavy atom. The van der Waals surface area contributed by atoms with E-state index in [0.29, 0.717) is 0 Å². The van der Waals surface area contributed by atoms with Gasteiger partial charge in [-0.15, -0.1) is 6.58 Å². The molecule has 0 rings (SSSR count). The first kappa shape index (κ1) is 10.2. The summed E-state index contributed by atoms with van der Waals surface area (Å²) in [6.45, 7) is 3.60. The molecule has 0 saturated carbocycles. The van der Waals surface area contributed by atoms with Crippen LogP contribution < -0.4 is 5.11 Å². The molecule has 0 heterocycles. The van der Waals surface area contributed by atoms with Crippen LogP contribution in [0, 0.1) is 0 Å². The topological polar surface area (TPSA) is 40.1 Å². The van der Waals surface area contributed by atoms with Crippen molar-refractivity contribution in [2.45, 2.75) is 38.5 Å². The molecular formula is C9H15O2-. The zero-order valence-electron chi connectivity index (χ0n) is 6.84. The molecule has 0 aromatic rings. The molecule has 0 amide bonds. The third kappa shape index (κ3) is 9.21. The molecule has 11 heavy (non-hydrogen) atoms. The van der Waals surface area contributed by atoms with E-state index in [0.717, 1.165) is 32.1 Å². The monoisotopic (exact) mass is 155 g/mol. The maximum atomic E-state index is 9.96. The van der Waals surface area contributed by atoms with Crippen LogP contribution in [0.1, 0.15) is 38.5 Å². The minimum Gasteiger partial charge on any atom is -0.550 e. The molecule has 0 atom stereocenters. The smallest absolute Gasteiger partial charge is 0.0414 e. The number of hydrogen-bond donors (Lipinski definition) is 0. The third-order valence-corrected chi connectivity index (χ3v) is 1.54. The summed E-state index contributed by atoms with van der Waals surface area (Å²) in [7, 11) is 0. The molecule has 0 spiro atoms. The lowest BCUT2D eigenvalue weighted by Gasteiger charge is -2.00. The highest BCUT2D eigenvalue weighted by molar-refractivity contribution is 5.63. The molecule has 0 radical (unpaired) electrons. The van der Waals surface area contributed by atoms with Crippen molar-refractivity contribution >= 4 is 5.97 Å². The second kappa shape index (κ2) is 7.32. The van der Waals surface area contributed by atoms with Gasteiger partial charge in [0.1, 0.15) is 0 Å². The maximum absolute atomic E-state index is 9.96. The first-order valence-electron chi connectivity index (χ1n) is 4.08. The Balaban J connectivity index is 2.90. The first-order chi connectivity index (χ1) is 5.27. The molecule has 0 unspecified atom stereocenters. The SMILES string of the molecule is C=CCCCCCCC(=O)[O-]. The summed E-state index contributed by atoms with van der Waals surface area (Å²) in [5.41, 5.74) is 0. The molecule has 0 fully saturated rings. The zero-order valence-corrected chi connectivity index (χ0v) is 6.84. The van der Waals surface area contributed by atoms with Crippen LogP contribution in [0.5, 0.6) is 0 Å². The lowest BCUT2D eigenvalue weighted by Crippen LogP contribution is -2.21. The van der Waals surface area contributed by atoms with Crippen molar-refractivity contribution in [3.05, 3.63) is 12.7 Å². The molecule has 0 aliphatic carbocycles. The first-order valence-corrected chi connectivity index (χ1v) is 4.08. The summed E-state index contributed by atoms with van der Waals surface area (Å²) < 4.78 is 0. The highest BCUT2D eigenvalue weighted by atomic mass is 16.4. The van der Waals surface area contributed by atoms with Gasteiger partial charge in [0.05, 0.1) is 0 Å². The van der Waals surface area contributed by atoms with Crippen molar-refractivity contribution in [3.8, 4) is 0 Å². The van der Waals surface area contributed by atoms with Gasteiger partial charge in [0.2, 0.25) is 0 Å². The van der Waals surface area contributed by atoms with Crippen LogP contribution >= 0.6 is 0 Å². The molecule has 0 aliphatic rings. The van der Waals surface area contributed by atoms with Crippen LogP contribution in [0.25, 0.3) is 0 Å². The highest BCUT2D eigenvalue weighted by Crippen LogP contribution is 2.04. The number of rotatable bonds is 7. The number of carbonyl (C=O) groups excluding carboxylic acids is 1. The molecule has 0 bridgehead atoms. The Labute approximate surface area is 67.9 Å². The third-order valence-electron chi connectivity index (χ3n) is 1.54. The van der Waals surface area contributed by atoms with E-state index in [4.69, 9.17) is 0 Å². The molecule has 0 saturated heterocycles. The van der Waals surface area contributed by atoms with Crippen molar-refractivity contribution in [2.24, 2.45) is 0 Å². The van der Waals surface area contributed by atoms with E-state index >= 15 is 0 Å². The van der Waals surface area contributed by atoms with Crippen molar-refractivity contribution in [1.82, 2.24) is 0 Å². The Morgan fingerprint density at radius 2 is 1.91 bits per heavy atom. The molecule has 0 N–H and O–H groups in total. The van der Waals surface area contributed by atoms with Gasteiger partial charge in [0.15, 0.2) is 0 Å². The standard InChI is InChI=1S/C9H16O2/c1-2-3-4-5-6-7-8-9(10)11/h2H,1,3-8H2,(H,10,11)/p-1. The summed E-state index contributed by atoms with van der Waals surface area (Å²) in [6.07, 6.45) is 7.08. The van der Waals surface area contributed by atoms with Gasteiger partial charge >= 0.3 is 0 Å². The summed E-state index contributed by atoms with van der Waals surface area (Å²) in [4.78, 5) is 9.96. The maximum Gasteiger partial charge on any atom is 0.0414 e. The average Bonchev–Trinajstić information content (AvgIpc) is 1.96. The van der Waals surface area contributed by atoms with Crippen LogP contribution in [0.3, 0.4) is 0 Å². The zero-order chi connectivity index (χ0) is 8.53. The lowest BCUT2D eigenvalue weighted by molar-refractivity contribution is -0.305. The molecule has 2 heteroatoms. The molecular weight excluding hydrogens is 140 g/mol. The van der Waals surface area contributed by atoms with Gasteiger partial charge in [-0.25, -0.2) is 0 Å². The van der Waals surface area contributed by atoms with Crippen LogP contribution in [0.4, 0.5) is 0 Å². The number of allylic oxidation sites excluding steroid dienone is 1. The number of aliphatic carboxylic acids is 1. The quantitative estimate of drug-likeness (QED) is 0.410. The second-order valence-corrected chi connectivity index (χ2v) is 2.61. The minimum absolute atomic E-state index is 0.202. The summed E-state index contributed by atoms with van der Waals surface area (Å²) >= 11 is 0. The van der Waals surface area contributed by atoms with Crippen LogP contribution in [-0.2, 0) is 4.79 Å². The highest BCUT2D eigenvalue weighted by Gasteiger charge is 1.88. The van der Waals surface area contributed by atoms with E-state index in [1.54, 1.807) is 0 Å². The lowest BCUT2D eigenvalue weighted by atomic mass is 10.1. The molecule has 0 aliphatic heterocycles. The summed E-state index contributed by atoms with van der Waals surface area (Å²) in [6, 6.07) is 0. The van der Waals surface area contributed by atoms with E-state index in [-0.39, 0.29) is 6.42 Å². The molecule has 0 aromatic heterocycles. The van der Waals surface area contributed by atoms with Crippen molar-refractivity contribution in [3.63, 3.8) is 0 Å². The van der Waals surface area contributed by atoms with Crippen molar-refractivity contribution in [1.29, 1.82) is 0 Å². The van der Waals surface area contributed by atoms with E-state index < -0.39 is 5.97 Å². The average molecular weight is 155 g/mol. The number of hydrogen-bond acceptors (Lipinski definition) is 2. The van der Waals surface area contributed by atoms with Crippen molar-refractivity contribution in [2.75, 3.05) is 0 Å². The molecule has 64 valence electrons. The van der Waals surface area contributed by atoms with Gasteiger partial charge in [-0.1, -0.05) is 18.9 Å². The Hall–Kier alpha value is -0.790. The number of unbranched alkanes of at least 4 members (excludes halogenated alkanes) is 4. The molecule has 2 nitrogen and oxygen atoms in total. The van der Waals surface area contributed by atoms with E-state index in [1.165, 1.54) is 0 Å². The number of carboxylic acids is 1. The van der Waals surface area contributed by atoms with Gasteiger partial charge in [-0.05, 0) is 25.7 Å². The van der Waals surface area contributed by atoms with Gasteiger partial charge in [-0.3, -0.25) is 0 Å². The molecule has 0 aromatic carbocycles. The Kier molecular flexibility index (Phi) is 6.79. The normalized spacial score (nSPS) is 9.45. The number of carboxylic acid groups (broad SMARTS) is 1. The van der Waals surface area contributed by atoms with E-state index in [1.807, 2.05) is 6.08 Å². The predicted octanol–water partition coefficient (Wildman–Crippen LogP) is 1.26.